The van der Waals surface area contributed by atoms with Crippen LogP contribution in [-0.4, -0.2) is 33.1 Å². The van der Waals surface area contributed by atoms with Crippen LogP contribution in [0.1, 0.15) is 22.3 Å². The van der Waals surface area contributed by atoms with Gasteiger partial charge in [0.05, 0.1) is 5.69 Å². The number of carbonyl (C=O) groups excluding carboxylic acids is 2. The number of pyridine rings is 1. The van der Waals surface area contributed by atoms with Crippen molar-refractivity contribution >= 4 is 17.5 Å². The molecule has 0 aliphatic heterocycles. The number of carbonyl (C=O) groups is 2. The fourth-order valence-electron chi connectivity index (χ4n) is 2.50. The Hall–Kier alpha value is -3.48. The van der Waals surface area contributed by atoms with Gasteiger partial charge >= 0.3 is 0 Å². The van der Waals surface area contributed by atoms with Crippen molar-refractivity contribution in [3.05, 3.63) is 72.2 Å². The van der Waals surface area contributed by atoms with E-state index in [4.69, 9.17) is 0 Å². The second kappa shape index (κ2) is 8.06. The van der Waals surface area contributed by atoms with E-state index < -0.39 is 0 Å². The molecule has 7 heteroatoms. The van der Waals surface area contributed by atoms with Crippen molar-refractivity contribution in [2.24, 2.45) is 0 Å². The lowest BCUT2D eigenvalue weighted by Gasteiger charge is -2.10. The maximum Gasteiger partial charge on any atom is 0.251 e. The second-order valence-corrected chi connectivity index (χ2v) is 5.69. The van der Waals surface area contributed by atoms with Crippen LogP contribution in [0.5, 0.6) is 0 Å². The quantitative estimate of drug-likeness (QED) is 0.715. The predicted molar refractivity (Wildman–Crippen MR) is 98.1 cm³/mol. The zero-order chi connectivity index (χ0) is 18.4. The van der Waals surface area contributed by atoms with E-state index >= 15 is 0 Å². The van der Waals surface area contributed by atoms with Crippen molar-refractivity contribution in [2.45, 2.75) is 13.3 Å². The van der Waals surface area contributed by atoms with Gasteiger partial charge in [0.25, 0.3) is 5.91 Å². The lowest BCUT2D eigenvalue weighted by Crippen LogP contribution is -2.28. The van der Waals surface area contributed by atoms with Gasteiger partial charge < -0.3 is 10.6 Å². The van der Waals surface area contributed by atoms with Gasteiger partial charge in [-0.15, -0.1) is 0 Å². The zero-order valence-corrected chi connectivity index (χ0v) is 14.3. The van der Waals surface area contributed by atoms with Crippen LogP contribution in [0.15, 0.2) is 61.1 Å². The number of hydrogen-bond acceptors (Lipinski definition) is 4. The second-order valence-electron chi connectivity index (χ2n) is 5.69. The number of benzene rings is 1. The fourth-order valence-corrected chi connectivity index (χ4v) is 2.50. The van der Waals surface area contributed by atoms with Crippen molar-refractivity contribution in [2.75, 3.05) is 11.9 Å². The van der Waals surface area contributed by atoms with Gasteiger partial charge in [-0.05, 0) is 36.8 Å². The van der Waals surface area contributed by atoms with Crippen LogP contribution < -0.4 is 10.6 Å². The topological polar surface area (TPSA) is 88.9 Å². The number of hydrogen-bond donors (Lipinski definition) is 2. The Labute approximate surface area is 151 Å². The molecule has 0 saturated heterocycles. The number of rotatable bonds is 6. The van der Waals surface area contributed by atoms with Crippen LogP contribution in [-0.2, 0) is 4.79 Å². The smallest absolute Gasteiger partial charge is 0.251 e. The fraction of sp³-hybridized carbons (Fsp3) is 0.158. The molecule has 3 aromatic rings. The summed E-state index contributed by atoms with van der Waals surface area (Å²) < 4.78 is 1.58. The Morgan fingerprint density at radius 2 is 1.92 bits per heavy atom. The minimum atomic E-state index is -0.212. The van der Waals surface area contributed by atoms with Gasteiger partial charge in [-0.3, -0.25) is 9.59 Å². The summed E-state index contributed by atoms with van der Waals surface area (Å²) in [5.41, 5.74) is 2.07. The van der Waals surface area contributed by atoms with E-state index in [2.05, 4.69) is 20.7 Å². The molecule has 0 saturated carbocycles. The lowest BCUT2D eigenvalue weighted by molar-refractivity contribution is -0.116. The van der Waals surface area contributed by atoms with Gasteiger partial charge in [0.15, 0.2) is 5.82 Å². The molecule has 0 bridgehead atoms. The van der Waals surface area contributed by atoms with Crippen LogP contribution in [0.25, 0.3) is 5.82 Å². The molecule has 0 unspecified atom stereocenters. The number of aromatic nitrogens is 3. The Kier molecular flexibility index (Phi) is 5.38. The van der Waals surface area contributed by atoms with Gasteiger partial charge in [0.2, 0.25) is 5.91 Å². The molecule has 0 fully saturated rings. The number of amides is 2. The van der Waals surface area contributed by atoms with Crippen molar-refractivity contribution in [3.63, 3.8) is 0 Å². The molecule has 0 spiro atoms. The molecule has 2 N–H and O–H groups in total. The molecule has 2 aromatic heterocycles. The third kappa shape index (κ3) is 4.13. The van der Waals surface area contributed by atoms with Crippen LogP contribution >= 0.6 is 0 Å². The first-order chi connectivity index (χ1) is 12.6. The summed E-state index contributed by atoms with van der Waals surface area (Å²) in [6, 6.07) is 12.6. The first kappa shape index (κ1) is 17.3. The highest BCUT2D eigenvalue weighted by molar-refractivity contribution is 5.96. The van der Waals surface area contributed by atoms with E-state index in [-0.39, 0.29) is 24.8 Å². The molecule has 1 aromatic carbocycles. The molecular weight excluding hydrogens is 330 g/mol. The van der Waals surface area contributed by atoms with Crippen molar-refractivity contribution in [1.29, 1.82) is 0 Å². The minimum absolute atomic E-state index is 0.158. The Morgan fingerprint density at radius 3 is 2.69 bits per heavy atom. The summed E-state index contributed by atoms with van der Waals surface area (Å²) in [4.78, 5) is 28.6. The maximum absolute atomic E-state index is 12.2. The zero-order valence-electron chi connectivity index (χ0n) is 14.3. The van der Waals surface area contributed by atoms with Crippen molar-refractivity contribution < 1.29 is 9.59 Å². The van der Waals surface area contributed by atoms with Gasteiger partial charge in [0.1, 0.15) is 0 Å². The van der Waals surface area contributed by atoms with E-state index in [1.165, 1.54) is 0 Å². The molecule has 0 atom stereocenters. The highest BCUT2D eigenvalue weighted by Gasteiger charge is 2.11. The van der Waals surface area contributed by atoms with Gasteiger partial charge in [-0.1, -0.05) is 18.2 Å². The number of nitrogens with zero attached hydrogens (tertiary/aromatic N) is 3. The molecule has 0 aliphatic carbocycles. The third-order valence-electron chi connectivity index (χ3n) is 3.81. The molecule has 132 valence electrons. The highest BCUT2D eigenvalue weighted by Crippen LogP contribution is 2.16. The molecule has 7 nitrogen and oxygen atoms in total. The monoisotopic (exact) mass is 349 g/mol. The number of nitrogens with one attached hydrogen (secondary N) is 2. The standard InChI is InChI=1S/C19H19N5O2/c1-14-6-2-3-7-15(14)19(26)21-12-9-17(25)23-16-8-4-10-20-18(16)24-13-5-11-22-24/h2-8,10-11,13H,9,12H2,1H3,(H,21,26)(H,23,25). The van der Waals surface area contributed by atoms with Gasteiger partial charge in [-0.25, -0.2) is 9.67 Å². The van der Waals surface area contributed by atoms with E-state index in [1.54, 1.807) is 47.5 Å². The number of anilines is 1. The van der Waals surface area contributed by atoms with Crippen LogP contribution in [0, 0.1) is 6.92 Å². The predicted octanol–water partition coefficient (Wildman–Crippen LogP) is 2.33. The lowest BCUT2D eigenvalue weighted by atomic mass is 10.1. The van der Waals surface area contributed by atoms with Crippen molar-refractivity contribution in [1.82, 2.24) is 20.1 Å². The van der Waals surface area contributed by atoms with Gasteiger partial charge in [-0.2, -0.15) is 5.10 Å². The molecular formula is C19H19N5O2. The molecule has 2 heterocycles. The molecule has 26 heavy (non-hydrogen) atoms. The molecule has 0 aliphatic rings. The van der Waals surface area contributed by atoms with E-state index in [1.807, 2.05) is 25.1 Å². The van der Waals surface area contributed by atoms with E-state index in [0.29, 0.717) is 17.1 Å². The Balaban J connectivity index is 1.56. The first-order valence-corrected chi connectivity index (χ1v) is 8.24. The normalized spacial score (nSPS) is 10.3. The van der Waals surface area contributed by atoms with Gasteiger partial charge in [0, 0.05) is 37.1 Å². The third-order valence-corrected chi connectivity index (χ3v) is 3.81. The molecule has 3 rings (SSSR count). The van der Waals surface area contributed by atoms with Crippen molar-refractivity contribution in [3.8, 4) is 5.82 Å². The largest absolute Gasteiger partial charge is 0.352 e. The van der Waals surface area contributed by atoms with Crippen LogP contribution in [0.4, 0.5) is 5.69 Å². The minimum Gasteiger partial charge on any atom is -0.352 e. The summed E-state index contributed by atoms with van der Waals surface area (Å²) in [6.07, 6.45) is 5.18. The summed E-state index contributed by atoms with van der Waals surface area (Å²) in [5, 5.41) is 9.70. The highest BCUT2D eigenvalue weighted by atomic mass is 16.2. The Morgan fingerprint density at radius 1 is 1.08 bits per heavy atom. The first-order valence-electron chi connectivity index (χ1n) is 8.24. The molecule has 0 radical (unpaired) electrons. The average molecular weight is 349 g/mol. The SMILES string of the molecule is Cc1ccccc1C(=O)NCCC(=O)Nc1cccnc1-n1cccn1. The van der Waals surface area contributed by atoms with E-state index in [0.717, 1.165) is 5.56 Å². The molecule has 2 amide bonds. The Bertz CT molecular complexity index is 906. The summed E-state index contributed by atoms with van der Waals surface area (Å²) >= 11 is 0. The summed E-state index contributed by atoms with van der Waals surface area (Å²) in [7, 11) is 0. The average Bonchev–Trinajstić information content (AvgIpc) is 3.17. The number of aryl methyl sites for hydroxylation is 1. The van der Waals surface area contributed by atoms with Crippen LogP contribution in [0.3, 0.4) is 0 Å². The van der Waals surface area contributed by atoms with E-state index in [9.17, 15) is 9.59 Å². The summed E-state index contributed by atoms with van der Waals surface area (Å²) in [6.45, 7) is 2.12. The van der Waals surface area contributed by atoms with Crippen LogP contribution in [0.2, 0.25) is 0 Å². The maximum atomic E-state index is 12.2. The summed E-state index contributed by atoms with van der Waals surface area (Å²) in [5.74, 6) is 0.140.